The van der Waals surface area contributed by atoms with Gasteiger partial charge in [-0.2, -0.15) is 0 Å². The first-order chi connectivity index (χ1) is 10.2. The monoisotopic (exact) mass is 297 g/mol. The number of unbranched alkanes of at least 4 members (excludes halogenated alkanes) is 1. The SMILES string of the molecule is CCCCNC(=O)C1CCN(C(=O)C2COCCN2)CC1. The Morgan fingerprint density at radius 3 is 2.71 bits per heavy atom. The number of ether oxygens (including phenoxy) is 1. The van der Waals surface area contributed by atoms with Crippen LogP contribution >= 0.6 is 0 Å². The van der Waals surface area contributed by atoms with E-state index in [9.17, 15) is 9.59 Å². The van der Waals surface area contributed by atoms with Crippen LogP contribution in [0.1, 0.15) is 32.6 Å². The van der Waals surface area contributed by atoms with Crippen LogP contribution in [0, 0.1) is 5.92 Å². The summed E-state index contributed by atoms with van der Waals surface area (Å²) in [5.74, 6) is 0.315. The lowest BCUT2D eigenvalue weighted by molar-refractivity contribution is -0.139. The first kappa shape index (κ1) is 16.2. The van der Waals surface area contributed by atoms with Crippen molar-refractivity contribution in [1.29, 1.82) is 0 Å². The topological polar surface area (TPSA) is 70.7 Å². The number of carbonyl (C=O) groups is 2. The van der Waals surface area contributed by atoms with Gasteiger partial charge in [-0.1, -0.05) is 13.3 Å². The highest BCUT2D eigenvalue weighted by Gasteiger charge is 2.31. The van der Waals surface area contributed by atoms with Gasteiger partial charge < -0.3 is 20.3 Å². The summed E-state index contributed by atoms with van der Waals surface area (Å²) in [4.78, 5) is 26.2. The predicted octanol–water partition coefficient (Wildman–Crippen LogP) is 0.130. The molecule has 21 heavy (non-hydrogen) atoms. The van der Waals surface area contributed by atoms with Gasteiger partial charge in [-0.15, -0.1) is 0 Å². The molecule has 2 N–H and O–H groups in total. The number of hydrogen-bond donors (Lipinski definition) is 2. The second kappa shape index (κ2) is 8.34. The summed E-state index contributed by atoms with van der Waals surface area (Å²) in [5, 5.41) is 6.17. The van der Waals surface area contributed by atoms with Gasteiger partial charge >= 0.3 is 0 Å². The van der Waals surface area contributed by atoms with Crippen LogP contribution in [0.5, 0.6) is 0 Å². The van der Waals surface area contributed by atoms with Crippen LogP contribution in [0.15, 0.2) is 0 Å². The molecule has 6 nitrogen and oxygen atoms in total. The van der Waals surface area contributed by atoms with E-state index >= 15 is 0 Å². The van der Waals surface area contributed by atoms with Crippen molar-refractivity contribution in [2.24, 2.45) is 5.92 Å². The van der Waals surface area contributed by atoms with Crippen molar-refractivity contribution in [3.63, 3.8) is 0 Å². The van der Waals surface area contributed by atoms with Crippen molar-refractivity contribution in [3.05, 3.63) is 0 Å². The molecule has 1 atom stereocenters. The van der Waals surface area contributed by atoms with Crippen molar-refractivity contribution in [3.8, 4) is 0 Å². The molecule has 0 bridgehead atoms. The molecule has 2 aliphatic heterocycles. The van der Waals surface area contributed by atoms with E-state index in [1.807, 2.05) is 4.90 Å². The summed E-state index contributed by atoms with van der Waals surface area (Å²) in [5.41, 5.74) is 0. The number of morpholine rings is 1. The number of amides is 2. The second-order valence-corrected chi connectivity index (χ2v) is 5.83. The van der Waals surface area contributed by atoms with Crippen molar-refractivity contribution in [2.75, 3.05) is 39.4 Å². The lowest BCUT2D eigenvalue weighted by Gasteiger charge is -2.35. The predicted molar refractivity (Wildman–Crippen MR) is 79.8 cm³/mol. The molecule has 0 aromatic heterocycles. The third-order valence-electron chi connectivity index (χ3n) is 4.23. The summed E-state index contributed by atoms with van der Waals surface area (Å²) >= 11 is 0. The van der Waals surface area contributed by atoms with Crippen LogP contribution < -0.4 is 10.6 Å². The highest BCUT2D eigenvalue weighted by atomic mass is 16.5. The fourth-order valence-electron chi connectivity index (χ4n) is 2.84. The third kappa shape index (κ3) is 4.68. The average Bonchev–Trinajstić information content (AvgIpc) is 2.55. The van der Waals surface area contributed by atoms with Gasteiger partial charge in [-0.3, -0.25) is 9.59 Å². The van der Waals surface area contributed by atoms with E-state index < -0.39 is 0 Å². The van der Waals surface area contributed by atoms with Crippen molar-refractivity contribution < 1.29 is 14.3 Å². The molecule has 0 aromatic carbocycles. The highest BCUT2D eigenvalue weighted by Crippen LogP contribution is 2.18. The third-order valence-corrected chi connectivity index (χ3v) is 4.23. The Morgan fingerprint density at radius 2 is 2.10 bits per heavy atom. The van der Waals surface area contributed by atoms with Gasteiger partial charge in [0.25, 0.3) is 0 Å². The Labute approximate surface area is 126 Å². The van der Waals surface area contributed by atoms with Gasteiger partial charge in [0.15, 0.2) is 0 Å². The first-order valence-electron chi connectivity index (χ1n) is 8.10. The number of rotatable bonds is 5. The van der Waals surface area contributed by atoms with Gasteiger partial charge in [0.1, 0.15) is 6.04 Å². The quantitative estimate of drug-likeness (QED) is 0.708. The smallest absolute Gasteiger partial charge is 0.242 e. The van der Waals surface area contributed by atoms with Gasteiger partial charge in [-0.05, 0) is 19.3 Å². The van der Waals surface area contributed by atoms with Crippen LogP contribution in [0.3, 0.4) is 0 Å². The molecule has 120 valence electrons. The normalized spacial score (nSPS) is 23.9. The maximum absolute atomic E-state index is 12.3. The summed E-state index contributed by atoms with van der Waals surface area (Å²) in [6, 6.07) is -0.214. The minimum Gasteiger partial charge on any atom is -0.378 e. The fraction of sp³-hybridized carbons (Fsp3) is 0.867. The number of nitrogens with one attached hydrogen (secondary N) is 2. The highest BCUT2D eigenvalue weighted by molar-refractivity contribution is 5.83. The van der Waals surface area contributed by atoms with Crippen LogP contribution in [0.25, 0.3) is 0 Å². The van der Waals surface area contributed by atoms with E-state index in [4.69, 9.17) is 4.74 Å². The zero-order valence-electron chi connectivity index (χ0n) is 12.9. The number of carbonyl (C=O) groups excluding carboxylic acids is 2. The van der Waals surface area contributed by atoms with E-state index in [0.29, 0.717) is 26.3 Å². The van der Waals surface area contributed by atoms with Crippen LogP contribution in [0.4, 0.5) is 0 Å². The largest absolute Gasteiger partial charge is 0.378 e. The van der Waals surface area contributed by atoms with Gasteiger partial charge in [-0.25, -0.2) is 0 Å². The molecule has 0 spiro atoms. The van der Waals surface area contributed by atoms with E-state index in [0.717, 1.165) is 38.8 Å². The molecular formula is C15H27N3O3. The van der Waals surface area contributed by atoms with Gasteiger partial charge in [0.2, 0.25) is 11.8 Å². The number of likely N-dealkylation sites (tertiary alicyclic amines) is 1. The Hall–Kier alpha value is -1.14. The molecule has 0 saturated carbocycles. The van der Waals surface area contributed by atoms with E-state index in [2.05, 4.69) is 17.6 Å². The Kier molecular flexibility index (Phi) is 6.45. The summed E-state index contributed by atoms with van der Waals surface area (Å²) in [6.07, 6.45) is 3.63. The Morgan fingerprint density at radius 1 is 1.33 bits per heavy atom. The van der Waals surface area contributed by atoms with Gasteiger partial charge in [0, 0.05) is 32.1 Å². The van der Waals surface area contributed by atoms with Crippen molar-refractivity contribution in [2.45, 2.75) is 38.6 Å². The summed E-state index contributed by atoms with van der Waals surface area (Å²) in [7, 11) is 0. The fourth-order valence-corrected chi connectivity index (χ4v) is 2.84. The van der Waals surface area contributed by atoms with Crippen LogP contribution in [0.2, 0.25) is 0 Å². The molecule has 0 aliphatic carbocycles. The maximum atomic E-state index is 12.3. The Balaban J connectivity index is 1.72. The van der Waals surface area contributed by atoms with Crippen molar-refractivity contribution in [1.82, 2.24) is 15.5 Å². The molecule has 2 aliphatic rings. The lowest BCUT2D eigenvalue weighted by Crippen LogP contribution is -2.54. The molecule has 0 aromatic rings. The molecule has 0 radical (unpaired) electrons. The zero-order valence-corrected chi connectivity index (χ0v) is 12.9. The molecule has 2 rings (SSSR count). The molecule has 2 heterocycles. The van der Waals surface area contributed by atoms with Crippen LogP contribution in [-0.4, -0.2) is 62.1 Å². The number of piperidine rings is 1. The maximum Gasteiger partial charge on any atom is 0.242 e. The Bertz CT molecular complexity index is 348. The molecule has 2 saturated heterocycles. The number of nitrogens with zero attached hydrogens (tertiary/aromatic N) is 1. The number of hydrogen-bond acceptors (Lipinski definition) is 4. The van der Waals surface area contributed by atoms with Gasteiger partial charge in [0.05, 0.1) is 13.2 Å². The van der Waals surface area contributed by atoms with Crippen molar-refractivity contribution >= 4 is 11.8 Å². The molecular weight excluding hydrogens is 270 g/mol. The van der Waals surface area contributed by atoms with E-state index in [-0.39, 0.29) is 23.8 Å². The molecule has 2 amide bonds. The lowest BCUT2D eigenvalue weighted by atomic mass is 9.95. The second-order valence-electron chi connectivity index (χ2n) is 5.83. The minimum atomic E-state index is -0.214. The summed E-state index contributed by atoms with van der Waals surface area (Å²) in [6.45, 7) is 6.07. The first-order valence-corrected chi connectivity index (χ1v) is 8.10. The van der Waals surface area contributed by atoms with E-state index in [1.54, 1.807) is 0 Å². The molecule has 1 unspecified atom stereocenters. The van der Waals surface area contributed by atoms with Crippen LogP contribution in [-0.2, 0) is 14.3 Å². The van der Waals surface area contributed by atoms with E-state index in [1.165, 1.54) is 0 Å². The summed E-state index contributed by atoms with van der Waals surface area (Å²) < 4.78 is 5.33. The average molecular weight is 297 g/mol. The minimum absolute atomic E-state index is 0.0569. The standard InChI is InChI=1S/C15H27N3O3/c1-2-3-6-17-14(19)12-4-8-18(9-5-12)15(20)13-11-21-10-7-16-13/h12-13,16H,2-11H2,1H3,(H,17,19). The molecule has 2 fully saturated rings. The molecule has 6 heteroatoms. The zero-order chi connectivity index (χ0) is 15.1.